The van der Waals surface area contributed by atoms with Gasteiger partial charge in [-0.15, -0.1) is 0 Å². The molecule has 0 bridgehead atoms. The number of benzene rings is 1. The number of anilines is 1. The molecule has 0 saturated heterocycles. The number of hydrogen-bond donors (Lipinski definition) is 2. The van der Waals surface area contributed by atoms with Crippen LogP contribution in [0, 0.1) is 0 Å². The Bertz CT molecular complexity index is 309. The highest BCUT2D eigenvalue weighted by atomic mass is 16.5. The highest BCUT2D eigenvalue weighted by Crippen LogP contribution is 2.04. The van der Waals surface area contributed by atoms with E-state index in [0.717, 1.165) is 6.42 Å². The lowest BCUT2D eigenvalue weighted by Gasteiger charge is -2.04. The van der Waals surface area contributed by atoms with E-state index >= 15 is 0 Å². The Balaban J connectivity index is 2.37. The van der Waals surface area contributed by atoms with Crippen molar-refractivity contribution in [2.24, 2.45) is 0 Å². The molecule has 0 radical (unpaired) electrons. The lowest BCUT2D eigenvalue weighted by Crippen LogP contribution is -2.25. The molecule has 0 saturated carbocycles. The maximum atomic E-state index is 11.5. The van der Waals surface area contributed by atoms with Gasteiger partial charge in [0, 0.05) is 31.5 Å². The number of carbonyl (C=O) groups excluding carboxylic acids is 1. The van der Waals surface area contributed by atoms with Crippen molar-refractivity contribution in [2.75, 3.05) is 26.0 Å². The minimum atomic E-state index is -0.0777. The number of rotatable bonds is 5. The molecule has 0 aliphatic heterocycles. The standard InChI is InChI=1S/C11H16N2O2/c1-15-8-2-7-13-11(14)9-3-5-10(12)6-4-9/h3-6H,2,7-8,12H2,1H3,(H,13,14). The summed E-state index contributed by atoms with van der Waals surface area (Å²) >= 11 is 0. The molecule has 0 aliphatic carbocycles. The van der Waals surface area contributed by atoms with Gasteiger partial charge in [0.25, 0.3) is 5.91 Å². The Hall–Kier alpha value is -1.55. The minimum absolute atomic E-state index is 0.0777. The predicted octanol–water partition coefficient (Wildman–Crippen LogP) is 1.04. The van der Waals surface area contributed by atoms with Crippen LogP contribution in [0.5, 0.6) is 0 Å². The average molecular weight is 208 g/mol. The van der Waals surface area contributed by atoms with Gasteiger partial charge in [-0.3, -0.25) is 4.79 Å². The van der Waals surface area contributed by atoms with E-state index < -0.39 is 0 Å². The van der Waals surface area contributed by atoms with Crippen molar-refractivity contribution in [2.45, 2.75) is 6.42 Å². The third-order valence-corrected chi connectivity index (χ3v) is 1.98. The number of nitrogen functional groups attached to an aromatic ring is 1. The van der Waals surface area contributed by atoms with E-state index in [4.69, 9.17) is 10.5 Å². The van der Waals surface area contributed by atoms with Crippen molar-refractivity contribution in [3.8, 4) is 0 Å². The van der Waals surface area contributed by atoms with Gasteiger partial charge in [-0.1, -0.05) is 0 Å². The van der Waals surface area contributed by atoms with Crippen molar-refractivity contribution in [1.82, 2.24) is 5.32 Å². The summed E-state index contributed by atoms with van der Waals surface area (Å²) in [6.45, 7) is 1.28. The van der Waals surface area contributed by atoms with E-state index in [1.165, 1.54) is 0 Å². The molecule has 15 heavy (non-hydrogen) atoms. The van der Waals surface area contributed by atoms with Crippen molar-refractivity contribution in [3.63, 3.8) is 0 Å². The summed E-state index contributed by atoms with van der Waals surface area (Å²) in [5, 5.41) is 2.79. The zero-order valence-electron chi connectivity index (χ0n) is 8.82. The number of carbonyl (C=O) groups is 1. The van der Waals surface area contributed by atoms with Gasteiger partial charge in [0.2, 0.25) is 0 Å². The van der Waals surface area contributed by atoms with E-state index in [1.807, 2.05) is 0 Å². The second-order valence-electron chi connectivity index (χ2n) is 3.22. The Labute approximate surface area is 89.4 Å². The van der Waals surface area contributed by atoms with Gasteiger partial charge < -0.3 is 15.8 Å². The van der Waals surface area contributed by atoms with Crippen molar-refractivity contribution < 1.29 is 9.53 Å². The van der Waals surface area contributed by atoms with Gasteiger partial charge >= 0.3 is 0 Å². The van der Waals surface area contributed by atoms with Crippen molar-refractivity contribution in [3.05, 3.63) is 29.8 Å². The lowest BCUT2D eigenvalue weighted by molar-refractivity contribution is 0.0948. The van der Waals surface area contributed by atoms with Crippen LogP contribution < -0.4 is 11.1 Å². The monoisotopic (exact) mass is 208 g/mol. The van der Waals surface area contributed by atoms with Crippen molar-refractivity contribution >= 4 is 11.6 Å². The molecule has 4 nitrogen and oxygen atoms in total. The van der Waals surface area contributed by atoms with Gasteiger partial charge in [-0.25, -0.2) is 0 Å². The van der Waals surface area contributed by atoms with Gasteiger partial charge in [-0.2, -0.15) is 0 Å². The zero-order valence-corrected chi connectivity index (χ0v) is 8.82. The Morgan fingerprint density at radius 2 is 2.07 bits per heavy atom. The Morgan fingerprint density at radius 3 is 2.67 bits per heavy atom. The molecule has 1 rings (SSSR count). The van der Waals surface area contributed by atoms with Crippen LogP contribution in [0.3, 0.4) is 0 Å². The second kappa shape index (κ2) is 6.03. The van der Waals surface area contributed by atoms with Gasteiger partial charge in [0.15, 0.2) is 0 Å². The topological polar surface area (TPSA) is 64.3 Å². The maximum absolute atomic E-state index is 11.5. The number of ether oxygens (including phenoxy) is 1. The fourth-order valence-corrected chi connectivity index (χ4v) is 1.15. The lowest BCUT2D eigenvalue weighted by atomic mass is 10.2. The van der Waals surface area contributed by atoms with Crippen LogP contribution in [0.15, 0.2) is 24.3 Å². The van der Waals surface area contributed by atoms with E-state index in [2.05, 4.69) is 5.32 Å². The minimum Gasteiger partial charge on any atom is -0.399 e. The molecule has 0 heterocycles. The summed E-state index contributed by atoms with van der Waals surface area (Å²) in [5.41, 5.74) is 6.80. The molecule has 1 aromatic carbocycles. The number of nitrogens with one attached hydrogen (secondary N) is 1. The second-order valence-corrected chi connectivity index (χ2v) is 3.22. The van der Waals surface area contributed by atoms with Gasteiger partial charge in [0.1, 0.15) is 0 Å². The van der Waals surface area contributed by atoms with E-state index in [0.29, 0.717) is 24.4 Å². The predicted molar refractivity (Wildman–Crippen MR) is 59.7 cm³/mol. The molecule has 0 fully saturated rings. The largest absolute Gasteiger partial charge is 0.399 e. The molecule has 3 N–H and O–H groups in total. The highest BCUT2D eigenvalue weighted by Gasteiger charge is 2.03. The zero-order chi connectivity index (χ0) is 11.1. The SMILES string of the molecule is COCCCNC(=O)c1ccc(N)cc1. The first-order valence-electron chi connectivity index (χ1n) is 4.86. The molecule has 1 aromatic rings. The van der Waals surface area contributed by atoms with Gasteiger partial charge in [-0.05, 0) is 30.7 Å². The smallest absolute Gasteiger partial charge is 0.251 e. The molecule has 0 atom stereocenters. The Kier molecular flexibility index (Phi) is 4.63. The molecule has 0 spiro atoms. The molecule has 0 aliphatic rings. The fourth-order valence-electron chi connectivity index (χ4n) is 1.15. The molecule has 0 aromatic heterocycles. The van der Waals surface area contributed by atoms with E-state index in [-0.39, 0.29) is 5.91 Å². The molecule has 4 heteroatoms. The normalized spacial score (nSPS) is 9.93. The van der Waals surface area contributed by atoms with Crippen LogP contribution in [0.2, 0.25) is 0 Å². The molecular formula is C11H16N2O2. The van der Waals surface area contributed by atoms with Crippen LogP contribution in [-0.2, 0) is 4.74 Å². The fraction of sp³-hybridized carbons (Fsp3) is 0.364. The summed E-state index contributed by atoms with van der Waals surface area (Å²) in [6, 6.07) is 6.84. The summed E-state index contributed by atoms with van der Waals surface area (Å²) < 4.78 is 4.88. The van der Waals surface area contributed by atoms with Crippen LogP contribution in [0.1, 0.15) is 16.8 Å². The third kappa shape index (κ3) is 3.99. The number of nitrogens with two attached hydrogens (primary N) is 1. The molecular weight excluding hydrogens is 192 g/mol. The van der Waals surface area contributed by atoms with E-state index in [9.17, 15) is 4.79 Å². The summed E-state index contributed by atoms with van der Waals surface area (Å²) in [5.74, 6) is -0.0777. The van der Waals surface area contributed by atoms with Crippen LogP contribution >= 0.6 is 0 Å². The first-order chi connectivity index (χ1) is 7.24. The van der Waals surface area contributed by atoms with Crippen LogP contribution in [0.4, 0.5) is 5.69 Å². The number of amides is 1. The summed E-state index contributed by atoms with van der Waals surface area (Å²) in [7, 11) is 1.64. The number of hydrogen-bond acceptors (Lipinski definition) is 3. The van der Waals surface area contributed by atoms with Crippen LogP contribution in [-0.4, -0.2) is 26.2 Å². The van der Waals surface area contributed by atoms with E-state index in [1.54, 1.807) is 31.4 Å². The summed E-state index contributed by atoms with van der Waals surface area (Å²) in [6.07, 6.45) is 0.817. The van der Waals surface area contributed by atoms with Crippen molar-refractivity contribution in [1.29, 1.82) is 0 Å². The first-order valence-corrected chi connectivity index (χ1v) is 4.86. The summed E-state index contributed by atoms with van der Waals surface area (Å²) in [4.78, 5) is 11.5. The quantitative estimate of drug-likeness (QED) is 0.561. The Morgan fingerprint density at radius 1 is 1.40 bits per heavy atom. The molecule has 0 unspecified atom stereocenters. The highest BCUT2D eigenvalue weighted by molar-refractivity contribution is 5.94. The maximum Gasteiger partial charge on any atom is 0.251 e. The first kappa shape index (κ1) is 11.5. The average Bonchev–Trinajstić information content (AvgIpc) is 2.25. The molecule has 1 amide bonds. The van der Waals surface area contributed by atoms with Gasteiger partial charge in [0.05, 0.1) is 0 Å². The van der Waals surface area contributed by atoms with Crippen LogP contribution in [0.25, 0.3) is 0 Å². The molecule has 82 valence electrons. The number of methoxy groups -OCH3 is 1. The third-order valence-electron chi connectivity index (χ3n) is 1.98.